The molecule has 1 N–H and O–H groups in total. The predicted octanol–water partition coefficient (Wildman–Crippen LogP) is 2.19. The van der Waals surface area contributed by atoms with Crippen LogP contribution < -0.4 is 4.74 Å². The fraction of sp³-hybridized carbons (Fsp3) is 0.600. The highest BCUT2D eigenvalue weighted by molar-refractivity contribution is 14.1. The molecule has 1 fully saturated rings. The summed E-state index contributed by atoms with van der Waals surface area (Å²) in [6.07, 6.45) is 1.96. The van der Waals surface area contributed by atoms with Crippen molar-refractivity contribution < 1.29 is 9.84 Å². The van der Waals surface area contributed by atoms with Gasteiger partial charge in [0.25, 0.3) is 0 Å². The van der Waals surface area contributed by atoms with E-state index in [1.54, 1.807) is 7.11 Å². The van der Waals surface area contributed by atoms with Crippen LogP contribution in [0.4, 0.5) is 0 Å². The average molecular weight is 390 g/mol. The lowest BCUT2D eigenvalue weighted by Crippen LogP contribution is -2.44. The zero-order valence-corrected chi connectivity index (χ0v) is 14.4. The quantitative estimate of drug-likeness (QED) is 0.783. The van der Waals surface area contributed by atoms with Crippen molar-refractivity contribution >= 4 is 22.6 Å². The number of benzene rings is 1. The maximum Gasteiger partial charge on any atom is 0.161 e. The fourth-order valence-electron chi connectivity index (χ4n) is 2.54. The van der Waals surface area contributed by atoms with E-state index in [1.165, 1.54) is 0 Å². The molecule has 1 aromatic carbocycles. The molecule has 0 atom stereocenters. The predicted molar refractivity (Wildman–Crippen MR) is 89.6 cm³/mol. The van der Waals surface area contributed by atoms with Crippen LogP contribution >= 0.6 is 22.6 Å². The van der Waals surface area contributed by atoms with Gasteiger partial charge in [-0.15, -0.1) is 0 Å². The number of aryl methyl sites for hydroxylation is 1. The third-order valence-electron chi connectivity index (χ3n) is 3.85. The van der Waals surface area contributed by atoms with Gasteiger partial charge in [-0.2, -0.15) is 0 Å². The summed E-state index contributed by atoms with van der Waals surface area (Å²) in [5.41, 5.74) is 0.989. The minimum absolute atomic E-state index is 0.297. The monoisotopic (exact) mass is 390 g/mol. The van der Waals surface area contributed by atoms with E-state index in [4.69, 9.17) is 4.74 Å². The van der Waals surface area contributed by atoms with Crippen molar-refractivity contribution in [2.75, 3.05) is 46.9 Å². The van der Waals surface area contributed by atoms with Gasteiger partial charge < -0.3 is 19.6 Å². The van der Waals surface area contributed by atoms with E-state index in [1.807, 2.05) is 12.1 Å². The van der Waals surface area contributed by atoms with Gasteiger partial charge in [0.05, 0.1) is 7.11 Å². The van der Waals surface area contributed by atoms with Crippen LogP contribution in [0.2, 0.25) is 0 Å². The highest BCUT2D eigenvalue weighted by Gasteiger charge is 2.14. The Kier molecular flexibility index (Phi) is 5.92. The van der Waals surface area contributed by atoms with Crippen LogP contribution in [0.25, 0.3) is 0 Å². The Hall–Kier alpha value is -0.530. The molecule has 20 heavy (non-hydrogen) atoms. The van der Waals surface area contributed by atoms with Crippen molar-refractivity contribution in [3.8, 4) is 11.5 Å². The Morgan fingerprint density at radius 3 is 2.60 bits per heavy atom. The van der Waals surface area contributed by atoms with Gasteiger partial charge in [-0.25, -0.2) is 0 Å². The van der Waals surface area contributed by atoms with E-state index in [0.29, 0.717) is 11.5 Å². The van der Waals surface area contributed by atoms with Gasteiger partial charge in [0, 0.05) is 29.7 Å². The van der Waals surface area contributed by atoms with Crippen molar-refractivity contribution in [2.45, 2.75) is 12.8 Å². The van der Waals surface area contributed by atoms with Crippen molar-refractivity contribution in [2.24, 2.45) is 0 Å². The number of aromatic hydroxyl groups is 1. The summed E-state index contributed by atoms with van der Waals surface area (Å²) in [6.45, 7) is 5.71. The van der Waals surface area contributed by atoms with Crippen molar-refractivity contribution in [1.29, 1.82) is 0 Å². The molecule has 0 aromatic heterocycles. The van der Waals surface area contributed by atoms with Crippen LogP contribution in [-0.2, 0) is 6.42 Å². The molecule has 0 amide bonds. The smallest absolute Gasteiger partial charge is 0.161 e. The van der Waals surface area contributed by atoms with Gasteiger partial charge in [-0.05, 0) is 66.7 Å². The van der Waals surface area contributed by atoms with Crippen LogP contribution in [0.15, 0.2) is 12.1 Å². The minimum Gasteiger partial charge on any atom is -0.504 e. The highest BCUT2D eigenvalue weighted by Crippen LogP contribution is 2.32. The maximum atomic E-state index is 10.1. The zero-order chi connectivity index (χ0) is 14.5. The van der Waals surface area contributed by atoms with Crippen molar-refractivity contribution in [3.63, 3.8) is 0 Å². The Bertz CT molecular complexity index is 446. The van der Waals surface area contributed by atoms with Gasteiger partial charge in [0.1, 0.15) is 0 Å². The summed E-state index contributed by atoms with van der Waals surface area (Å²) in [7, 11) is 3.77. The van der Waals surface area contributed by atoms with E-state index >= 15 is 0 Å². The molecular formula is C15H23IN2O2. The number of nitrogens with zero attached hydrogens (tertiary/aromatic N) is 2. The lowest BCUT2D eigenvalue weighted by atomic mass is 10.1. The van der Waals surface area contributed by atoms with Crippen LogP contribution in [0.1, 0.15) is 12.0 Å². The second-order valence-electron chi connectivity index (χ2n) is 5.36. The van der Waals surface area contributed by atoms with Crippen LogP contribution in [0.5, 0.6) is 11.5 Å². The summed E-state index contributed by atoms with van der Waals surface area (Å²) in [5.74, 6) is 0.873. The molecule has 1 saturated heterocycles. The first-order valence-electron chi connectivity index (χ1n) is 7.06. The largest absolute Gasteiger partial charge is 0.504 e. The number of phenols is 1. The number of rotatable bonds is 5. The lowest BCUT2D eigenvalue weighted by Gasteiger charge is -2.32. The first-order chi connectivity index (χ1) is 9.60. The number of hydrogen-bond donors (Lipinski definition) is 1. The number of phenolic OH excluding ortho intramolecular Hbond substituents is 1. The number of ether oxygens (including phenoxy) is 1. The van der Waals surface area contributed by atoms with Crippen LogP contribution in [0, 0.1) is 3.57 Å². The first kappa shape index (κ1) is 15.9. The molecule has 0 radical (unpaired) electrons. The molecule has 0 bridgehead atoms. The molecule has 0 spiro atoms. The van der Waals surface area contributed by atoms with Crippen LogP contribution in [0.3, 0.4) is 0 Å². The molecule has 0 aliphatic carbocycles. The van der Waals surface area contributed by atoms with E-state index < -0.39 is 0 Å². The molecule has 0 unspecified atom stereocenters. The normalized spacial score (nSPS) is 17.4. The number of piperazine rings is 1. The van der Waals surface area contributed by atoms with E-state index in [9.17, 15) is 5.11 Å². The van der Waals surface area contributed by atoms with Crippen molar-refractivity contribution in [3.05, 3.63) is 21.3 Å². The molecule has 1 aromatic rings. The third kappa shape index (κ3) is 4.23. The topological polar surface area (TPSA) is 35.9 Å². The Morgan fingerprint density at radius 2 is 1.95 bits per heavy atom. The molecule has 0 saturated carbocycles. The minimum atomic E-state index is 0.297. The van der Waals surface area contributed by atoms with E-state index in [2.05, 4.69) is 39.4 Å². The Balaban J connectivity index is 1.86. The summed E-state index contributed by atoms with van der Waals surface area (Å²) in [4.78, 5) is 4.87. The Labute approximate surface area is 134 Å². The van der Waals surface area contributed by atoms with Gasteiger partial charge in [-0.1, -0.05) is 0 Å². The molecule has 2 rings (SSSR count). The third-order valence-corrected chi connectivity index (χ3v) is 4.48. The van der Waals surface area contributed by atoms with Gasteiger partial charge in [0.2, 0.25) is 0 Å². The van der Waals surface area contributed by atoms with Gasteiger partial charge in [0.15, 0.2) is 11.5 Å². The average Bonchev–Trinajstić information content (AvgIpc) is 2.44. The SMILES string of the molecule is COc1cc(I)cc(CCCN2CCN(C)CC2)c1O. The summed E-state index contributed by atoms with van der Waals surface area (Å²) < 4.78 is 6.31. The van der Waals surface area contributed by atoms with Crippen LogP contribution in [-0.4, -0.2) is 61.8 Å². The molecule has 5 heteroatoms. The molecule has 4 nitrogen and oxygen atoms in total. The summed E-state index contributed by atoms with van der Waals surface area (Å²) >= 11 is 2.26. The summed E-state index contributed by atoms with van der Waals surface area (Å²) in [5, 5.41) is 10.1. The van der Waals surface area contributed by atoms with E-state index in [-0.39, 0.29) is 0 Å². The van der Waals surface area contributed by atoms with Gasteiger partial charge in [-0.3, -0.25) is 0 Å². The highest BCUT2D eigenvalue weighted by atomic mass is 127. The second-order valence-corrected chi connectivity index (χ2v) is 6.61. The lowest BCUT2D eigenvalue weighted by molar-refractivity contribution is 0.153. The number of hydrogen-bond acceptors (Lipinski definition) is 4. The molecule has 112 valence electrons. The van der Waals surface area contributed by atoms with Gasteiger partial charge >= 0.3 is 0 Å². The fourth-order valence-corrected chi connectivity index (χ4v) is 3.20. The number of halogens is 1. The molecule has 1 aliphatic rings. The number of likely N-dealkylation sites (N-methyl/N-ethyl adjacent to an activating group) is 1. The summed E-state index contributed by atoms with van der Waals surface area (Å²) in [6, 6.07) is 3.91. The second kappa shape index (κ2) is 7.47. The standard InChI is InChI=1S/C15H23IN2O2/c1-17-6-8-18(9-7-17)5-3-4-12-10-13(16)11-14(20-2)15(12)19/h10-11,19H,3-9H2,1-2H3. The Morgan fingerprint density at radius 1 is 1.25 bits per heavy atom. The zero-order valence-electron chi connectivity index (χ0n) is 12.2. The van der Waals surface area contributed by atoms with E-state index in [0.717, 1.165) is 54.7 Å². The molecule has 1 heterocycles. The molecular weight excluding hydrogens is 367 g/mol. The number of methoxy groups -OCH3 is 1. The van der Waals surface area contributed by atoms with Crippen molar-refractivity contribution in [1.82, 2.24) is 9.80 Å². The molecule has 1 aliphatic heterocycles. The maximum absolute atomic E-state index is 10.1. The first-order valence-corrected chi connectivity index (χ1v) is 8.14.